The topological polar surface area (TPSA) is 107 Å². The lowest BCUT2D eigenvalue weighted by Crippen LogP contribution is -2.21. The lowest BCUT2D eigenvalue weighted by molar-refractivity contribution is -0.138. The molecular formula is C23H29F3O6. The molecule has 0 aliphatic heterocycles. The van der Waals surface area contributed by atoms with Gasteiger partial charge in [0.15, 0.2) is 0 Å². The van der Waals surface area contributed by atoms with Crippen LogP contribution in [0.5, 0.6) is 5.75 Å². The number of alkyl halides is 3. The van der Waals surface area contributed by atoms with Gasteiger partial charge in [-0.25, -0.2) is 0 Å². The van der Waals surface area contributed by atoms with Gasteiger partial charge in [-0.15, -0.1) is 0 Å². The molecular weight excluding hydrogens is 429 g/mol. The van der Waals surface area contributed by atoms with E-state index in [1.54, 1.807) is 6.08 Å². The fourth-order valence-corrected chi connectivity index (χ4v) is 3.70. The maximum atomic E-state index is 12.8. The van der Waals surface area contributed by atoms with Gasteiger partial charge in [0.2, 0.25) is 0 Å². The van der Waals surface area contributed by atoms with E-state index in [2.05, 4.69) is 0 Å². The molecule has 178 valence electrons. The van der Waals surface area contributed by atoms with Crippen LogP contribution in [0.4, 0.5) is 13.2 Å². The fraction of sp³-hybridized carbons (Fsp3) is 0.522. The second-order valence-electron chi connectivity index (χ2n) is 7.89. The van der Waals surface area contributed by atoms with Gasteiger partial charge in [0.25, 0.3) is 0 Å². The Morgan fingerprint density at radius 3 is 2.66 bits per heavy atom. The van der Waals surface area contributed by atoms with E-state index >= 15 is 0 Å². The molecule has 4 N–H and O–H groups in total. The van der Waals surface area contributed by atoms with Crippen molar-refractivity contribution < 1.29 is 43.1 Å². The van der Waals surface area contributed by atoms with Crippen LogP contribution in [0.3, 0.4) is 0 Å². The summed E-state index contributed by atoms with van der Waals surface area (Å²) in [5.74, 6) is -1.55. The van der Waals surface area contributed by atoms with Crippen molar-refractivity contribution in [1.82, 2.24) is 0 Å². The zero-order chi connectivity index (χ0) is 23.7. The highest BCUT2D eigenvalue weighted by Crippen LogP contribution is 2.36. The van der Waals surface area contributed by atoms with Gasteiger partial charge in [0.05, 0.1) is 17.8 Å². The molecule has 6 nitrogen and oxygen atoms in total. The van der Waals surface area contributed by atoms with E-state index in [1.807, 2.05) is 12.2 Å². The standard InChI is InChI=1S/C23H29F3O6/c24-23(25,26)15-6-5-7-17(12-15)32-14-16(27)10-11-19-18(20(28)13-21(19)29)8-3-1-2-4-9-22(30)31/h1,3,5-7,10-12,16,18-21,27-29H,2,4,8-9,13-14H2,(H,30,31)/b3-1-,11-10+/t16?,18-,19-,20+,21-/m1/s1. The molecule has 0 heterocycles. The van der Waals surface area contributed by atoms with Gasteiger partial charge in [-0.1, -0.05) is 30.4 Å². The van der Waals surface area contributed by atoms with Gasteiger partial charge < -0.3 is 25.2 Å². The van der Waals surface area contributed by atoms with Crippen LogP contribution in [-0.2, 0) is 11.0 Å². The molecule has 2 rings (SSSR count). The molecule has 0 amide bonds. The number of rotatable bonds is 11. The summed E-state index contributed by atoms with van der Waals surface area (Å²) in [6.07, 6.45) is 1.48. The fourth-order valence-electron chi connectivity index (χ4n) is 3.70. The van der Waals surface area contributed by atoms with Crippen LogP contribution in [-0.4, -0.2) is 51.3 Å². The minimum atomic E-state index is -4.49. The van der Waals surface area contributed by atoms with Crippen molar-refractivity contribution in [3.05, 3.63) is 54.1 Å². The first-order chi connectivity index (χ1) is 15.1. The van der Waals surface area contributed by atoms with Crippen molar-refractivity contribution in [3.8, 4) is 5.75 Å². The monoisotopic (exact) mass is 458 g/mol. The van der Waals surface area contributed by atoms with Crippen LogP contribution >= 0.6 is 0 Å². The van der Waals surface area contributed by atoms with E-state index < -0.39 is 41.9 Å². The number of aliphatic hydroxyl groups excluding tert-OH is 3. The summed E-state index contributed by atoms with van der Waals surface area (Å²) in [5, 5.41) is 39.2. The molecule has 0 radical (unpaired) electrons. The number of benzene rings is 1. The molecule has 1 aliphatic carbocycles. The normalized spacial score (nSPS) is 24.9. The Balaban J connectivity index is 1.87. The molecule has 1 aromatic carbocycles. The van der Waals surface area contributed by atoms with Gasteiger partial charge in [-0.05, 0) is 43.4 Å². The molecule has 1 fully saturated rings. The van der Waals surface area contributed by atoms with E-state index in [0.29, 0.717) is 19.3 Å². The summed E-state index contributed by atoms with van der Waals surface area (Å²) in [6, 6.07) is 4.36. The Kier molecular flexibility index (Phi) is 9.74. The predicted octanol–water partition coefficient (Wildman–Crippen LogP) is 3.56. The van der Waals surface area contributed by atoms with Crippen LogP contribution in [0.25, 0.3) is 0 Å². The number of ether oxygens (including phenoxy) is 1. The van der Waals surface area contributed by atoms with Crippen LogP contribution in [0, 0.1) is 11.8 Å². The largest absolute Gasteiger partial charge is 0.491 e. The lowest BCUT2D eigenvalue weighted by Gasteiger charge is -2.19. The molecule has 32 heavy (non-hydrogen) atoms. The van der Waals surface area contributed by atoms with Crippen molar-refractivity contribution in [2.45, 2.75) is 56.6 Å². The second-order valence-corrected chi connectivity index (χ2v) is 7.89. The number of allylic oxidation sites excluding steroid dienone is 2. The Labute approximate surface area is 184 Å². The molecule has 0 spiro atoms. The smallest absolute Gasteiger partial charge is 0.416 e. The molecule has 1 aromatic rings. The number of carboxylic acid groups (broad SMARTS) is 1. The summed E-state index contributed by atoms with van der Waals surface area (Å²) in [6.45, 7) is -0.267. The van der Waals surface area contributed by atoms with Gasteiger partial charge in [-0.3, -0.25) is 4.79 Å². The Bertz CT molecular complexity index is 792. The Morgan fingerprint density at radius 2 is 1.97 bits per heavy atom. The molecule has 5 atom stereocenters. The number of hydrogen-bond donors (Lipinski definition) is 4. The third kappa shape index (κ3) is 8.29. The highest BCUT2D eigenvalue weighted by atomic mass is 19.4. The van der Waals surface area contributed by atoms with E-state index in [0.717, 1.165) is 12.1 Å². The lowest BCUT2D eigenvalue weighted by atomic mass is 9.89. The average Bonchev–Trinajstić information content (AvgIpc) is 2.99. The third-order valence-corrected chi connectivity index (χ3v) is 5.39. The van der Waals surface area contributed by atoms with Gasteiger partial charge in [0, 0.05) is 18.8 Å². The highest BCUT2D eigenvalue weighted by molar-refractivity contribution is 5.66. The Hall–Kier alpha value is -2.36. The Morgan fingerprint density at radius 1 is 1.22 bits per heavy atom. The van der Waals surface area contributed by atoms with Crippen LogP contribution < -0.4 is 4.74 Å². The summed E-state index contributed by atoms with van der Waals surface area (Å²) in [4.78, 5) is 10.5. The molecule has 0 aromatic heterocycles. The first-order valence-electron chi connectivity index (χ1n) is 10.5. The summed E-state index contributed by atoms with van der Waals surface area (Å²) >= 11 is 0. The molecule has 0 bridgehead atoms. The number of aliphatic hydroxyl groups is 3. The first-order valence-corrected chi connectivity index (χ1v) is 10.5. The minimum absolute atomic E-state index is 0.0190. The van der Waals surface area contributed by atoms with Crippen molar-refractivity contribution in [2.24, 2.45) is 11.8 Å². The summed E-state index contributed by atoms with van der Waals surface area (Å²) < 4.78 is 43.5. The van der Waals surface area contributed by atoms with Crippen molar-refractivity contribution in [1.29, 1.82) is 0 Å². The molecule has 9 heteroatoms. The van der Waals surface area contributed by atoms with Crippen molar-refractivity contribution in [3.63, 3.8) is 0 Å². The first kappa shape index (κ1) is 25.9. The maximum absolute atomic E-state index is 12.8. The van der Waals surface area contributed by atoms with E-state index in [-0.39, 0.29) is 31.1 Å². The number of aliphatic carboxylic acids is 1. The third-order valence-electron chi connectivity index (χ3n) is 5.39. The maximum Gasteiger partial charge on any atom is 0.416 e. The zero-order valence-electron chi connectivity index (χ0n) is 17.5. The quantitative estimate of drug-likeness (QED) is 0.298. The van der Waals surface area contributed by atoms with Crippen LogP contribution in [0.1, 0.15) is 37.7 Å². The number of unbranched alkanes of at least 4 members (excludes halogenated alkanes) is 1. The van der Waals surface area contributed by atoms with E-state index in [4.69, 9.17) is 9.84 Å². The number of carboxylic acids is 1. The van der Waals surface area contributed by atoms with E-state index in [9.17, 15) is 33.3 Å². The van der Waals surface area contributed by atoms with Gasteiger partial charge in [-0.2, -0.15) is 13.2 Å². The minimum Gasteiger partial charge on any atom is -0.491 e. The zero-order valence-corrected chi connectivity index (χ0v) is 17.5. The molecule has 1 saturated carbocycles. The van der Waals surface area contributed by atoms with Crippen molar-refractivity contribution in [2.75, 3.05) is 6.61 Å². The van der Waals surface area contributed by atoms with Gasteiger partial charge >= 0.3 is 12.1 Å². The average molecular weight is 458 g/mol. The van der Waals surface area contributed by atoms with E-state index in [1.165, 1.54) is 18.2 Å². The molecule has 0 saturated heterocycles. The second kappa shape index (κ2) is 12.0. The van der Waals surface area contributed by atoms with Crippen LogP contribution in [0.2, 0.25) is 0 Å². The molecule has 1 unspecified atom stereocenters. The van der Waals surface area contributed by atoms with Crippen molar-refractivity contribution >= 4 is 5.97 Å². The number of hydrogen-bond acceptors (Lipinski definition) is 5. The predicted molar refractivity (Wildman–Crippen MR) is 111 cm³/mol. The molecule has 1 aliphatic rings. The van der Waals surface area contributed by atoms with Gasteiger partial charge in [0.1, 0.15) is 18.5 Å². The number of halogens is 3. The summed E-state index contributed by atoms with van der Waals surface area (Å²) in [5.41, 5.74) is -0.845. The summed E-state index contributed by atoms with van der Waals surface area (Å²) in [7, 11) is 0. The SMILES string of the molecule is O=C(O)CCC/C=C\C[C@@H]1[C@@H](/C=C/C(O)COc2cccc(C(F)(F)F)c2)[C@H](O)C[C@@H]1O. The van der Waals surface area contributed by atoms with Crippen LogP contribution in [0.15, 0.2) is 48.6 Å². The number of carbonyl (C=O) groups is 1. The highest BCUT2D eigenvalue weighted by Gasteiger charge is 2.39.